The molecule has 10 heteroatoms. The third kappa shape index (κ3) is 4.13. The van der Waals surface area contributed by atoms with Gasteiger partial charge in [0.1, 0.15) is 5.75 Å². The van der Waals surface area contributed by atoms with Crippen molar-refractivity contribution in [2.45, 2.75) is 0 Å². The van der Waals surface area contributed by atoms with Crippen LogP contribution in [0.1, 0.15) is 20.7 Å². The fourth-order valence-electron chi connectivity index (χ4n) is 1.90. The number of non-ortho nitro benzene ring substituents is 2. The molecule has 0 spiro atoms. The molecule has 0 radical (unpaired) electrons. The smallest absolute Gasteiger partial charge is 0.343 e. The van der Waals surface area contributed by atoms with Gasteiger partial charge in [-0.25, -0.2) is 9.59 Å². The Bertz CT molecular complexity index is 878. The van der Waals surface area contributed by atoms with Crippen molar-refractivity contribution in [3.63, 3.8) is 0 Å². The number of nitro groups is 2. The summed E-state index contributed by atoms with van der Waals surface area (Å²) >= 11 is 0. The van der Waals surface area contributed by atoms with Crippen molar-refractivity contribution in [2.75, 3.05) is 7.11 Å². The van der Waals surface area contributed by atoms with Crippen LogP contribution in [0.3, 0.4) is 0 Å². The molecule has 0 N–H and O–H groups in total. The Morgan fingerprint density at radius 3 is 2.04 bits per heavy atom. The van der Waals surface area contributed by atoms with Gasteiger partial charge in [-0.3, -0.25) is 20.2 Å². The average molecular weight is 346 g/mol. The van der Waals surface area contributed by atoms with Crippen molar-refractivity contribution in [2.24, 2.45) is 0 Å². The predicted molar refractivity (Wildman–Crippen MR) is 82.5 cm³/mol. The predicted octanol–water partition coefficient (Wildman–Crippen LogP) is 2.51. The summed E-state index contributed by atoms with van der Waals surface area (Å²) in [4.78, 5) is 44.0. The van der Waals surface area contributed by atoms with E-state index < -0.39 is 27.5 Å². The van der Waals surface area contributed by atoms with Crippen LogP contribution in [0.4, 0.5) is 11.4 Å². The normalized spacial score (nSPS) is 9.96. The van der Waals surface area contributed by atoms with Gasteiger partial charge in [0.2, 0.25) is 0 Å². The summed E-state index contributed by atoms with van der Waals surface area (Å²) in [5, 5.41) is 21.7. The molecular weight excluding hydrogens is 336 g/mol. The van der Waals surface area contributed by atoms with Crippen LogP contribution in [0, 0.1) is 20.2 Å². The third-order valence-electron chi connectivity index (χ3n) is 3.02. The number of benzene rings is 2. The van der Waals surface area contributed by atoms with Gasteiger partial charge in [0.25, 0.3) is 11.4 Å². The van der Waals surface area contributed by atoms with E-state index in [0.29, 0.717) is 0 Å². The Labute approximate surface area is 139 Å². The number of ether oxygens (including phenoxy) is 2. The molecule has 10 nitrogen and oxygen atoms in total. The van der Waals surface area contributed by atoms with Crippen molar-refractivity contribution in [3.8, 4) is 5.75 Å². The standard InChI is InChI=1S/C15H10N2O8/c1-24-14(18)9-5-10(7-12(6-9)17(22)23)15(19)25-13-4-2-3-11(8-13)16(20)21/h2-8H,1H3. The first kappa shape index (κ1) is 17.5. The highest BCUT2D eigenvalue weighted by Gasteiger charge is 2.20. The lowest BCUT2D eigenvalue weighted by Crippen LogP contribution is -2.11. The molecule has 0 atom stereocenters. The largest absolute Gasteiger partial charge is 0.465 e. The zero-order chi connectivity index (χ0) is 18.6. The van der Waals surface area contributed by atoms with Crippen molar-refractivity contribution in [1.82, 2.24) is 0 Å². The zero-order valence-electron chi connectivity index (χ0n) is 12.7. The maximum absolute atomic E-state index is 12.2. The first-order valence-electron chi connectivity index (χ1n) is 6.66. The van der Waals surface area contributed by atoms with Gasteiger partial charge in [-0.1, -0.05) is 6.07 Å². The van der Waals surface area contributed by atoms with Crippen LogP contribution in [0.5, 0.6) is 5.75 Å². The highest BCUT2D eigenvalue weighted by atomic mass is 16.6. The van der Waals surface area contributed by atoms with Crippen LogP contribution in [0.15, 0.2) is 42.5 Å². The summed E-state index contributed by atoms with van der Waals surface area (Å²) < 4.78 is 9.45. The van der Waals surface area contributed by atoms with Crippen LogP contribution in [0.2, 0.25) is 0 Å². The number of rotatable bonds is 5. The molecule has 2 aromatic rings. The minimum atomic E-state index is -1.02. The molecule has 0 saturated carbocycles. The van der Waals surface area contributed by atoms with Gasteiger partial charge >= 0.3 is 11.9 Å². The maximum atomic E-state index is 12.2. The van der Waals surface area contributed by atoms with Crippen LogP contribution < -0.4 is 4.74 Å². The van der Waals surface area contributed by atoms with E-state index in [0.717, 1.165) is 31.4 Å². The van der Waals surface area contributed by atoms with Crippen molar-refractivity contribution >= 4 is 23.3 Å². The molecular formula is C15H10N2O8. The molecule has 0 aromatic heterocycles. The van der Waals surface area contributed by atoms with Crippen molar-refractivity contribution in [1.29, 1.82) is 0 Å². The number of methoxy groups -OCH3 is 1. The monoisotopic (exact) mass is 346 g/mol. The Hall–Kier alpha value is -3.82. The molecule has 0 fully saturated rings. The fourth-order valence-corrected chi connectivity index (χ4v) is 1.90. The lowest BCUT2D eigenvalue weighted by Gasteiger charge is -2.06. The first-order valence-corrected chi connectivity index (χ1v) is 6.66. The number of nitrogens with zero attached hydrogens (tertiary/aromatic N) is 2. The lowest BCUT2D eigenvalue weighted by atomic mass is 10.1. The van der Waals surface area contributed by atoms with Crippen LogP contribution in [0.25, 0.3) is 0 Å². The number of hydrogen-bond acceptors (Lipinski definition) is 8. The van der Waals surface area contributed by atoms with Crippen LogP contribution in [-0.2, 0) is 4.74 Å². The quantitative estimate of drug-likeness (QED) is 0.348. The van der Waals surface area contributed by atoms with Crippen LogP contribution >= 0.6 is 0 Å². The molecule has 0 aliphatic rings. The Morgan fingerprint density at radius 1 is 0.880 bits per heavy atom. The van der Waals surface area contributed by atoms with Gasteiger partial charge in [0.15, 0.2) is 0 Å². The number of nitro benzene ring substituents is 2. The summed E-state index contributed by atoms with van der Waals surface area (Å²) in [6, 6.07) is 7.80. The summed E-state index contributed by atoms with van der Waals surface area (Å²) in [6.45, 7) is 0. The van der Waals surface area contributed by atoms with Crippen LogP contribution in [-0.4, -0.2) is 28.9 Å². The SMILES string of the molecule is COC(=O)c1cc(C(=O)Oc2cccc([N+](=O)[O-])c2)cc([N+](=O)[O-])c1. The van der Waals surface area contributed by atoms with Gasteiger partial charge in [0.05, 0.1) is 34.1 Å². The van der Waals surface area contributed by atoms with Gasteiger partial charge < -0.3 is 9.47 Å². The lowest BCUT2D eigenvalue weighted by molar-refractivity contribution is -0.385. The second-order valence-electron chi connectivity index (χ2n) is 4.66. The Balaban J connectivity index is 2.36. The zero-order valence-corrected chi connectivity index (χ0v) is 12.7. The Kier molecular flexibility index (Phi) is 5.03. The summed E-state index contributed by atoms with van der Waals surface area (Å²) in [5.41, 5.74) is -1.28. The fraction of sp³-hybridized carbons (Fsp3) is 0.0667. The third-order valence-corrected chi connectivity index (χ3v) is 3.02. The molecule has 25 heavy (non-hydrogen) atoms. The molecule has 0 heterocycles. The summed E-state index contributed by atoms with van der Waals surface area (Å²) in [7, 11) is 1.09. The molecule has 0 unspecified atom stereocenters. The Morgan fingerprint density at radius 2 is 1.48 bits per heavy atom. The molecule has 2 rings (SSSR count). The van der Waals surface area contributed by atoms with Crippen molar-refractivity contribution in [3.05, 3.63) is 73.8 Å². The van der Waals surface area contributed by atoms with E-state index in [1.165, 1.54) is 18.2 Å². The average Bonchev–Trinajstić information content (AvgIpc) is 2.60. The van der Waals surface area contributed by atoms with Gasteiger partial charge in [-0.05, 0) is 12.1 Å². The summed E-state index contributed by atoms with van der Waals surface area (Å²) in [6.07, 6.45) is 0. The minimum absolute atomic E-state index is 0.120. The number of carbonyl (C=O) groups excluding carboxylic acids is 2. The number of hydrogen-bond donors (Lipinski definition) is 0. The summed E-state index contributed by atoms with van der Waals surface area (Å²) in [5.74, 6) is -2.01. The molecule has 128 valence electrons. The first-order chi connectivity index (χ1) is 11.8. The second kappa shape index (κ2) is 7.17. The highest BCUT2D eigenvalue weighted by Crippen LogP contribution is 2.22. The van der Waals surface area contributed by atoms with E-state index in [1.807, 2.05) is 0 Å². The maximum Gasteiger partial charge on any atom is 0.343 e. The molecule has 0 aliphatic heterocycles. The van der Waals surface area contributed by atoms with E-state index >= 15 is 0 Å². The van der Waals surface area contributed by atoms with Gasteiger partial charge in [0, 0.05) is 18.2 Å². The number of esters is 2. The van der Waals surface area contributed by atoms with Gasteiger partial charge in [-0.15, -0.1) is 0 Å². The molecule has 0 saturated heterocycles. The molecule has 2 aromatic carbocycles. The minimum Gasteiger partial charge on any atom is -0.465 e. The molecule has 0 bridgehead atoms. The van der Waals surface area contributed by atoms with E-state index in [2.05, 4.69) is 4.74 Å². The van der Waals surface area contributed by atoms with E-state index in [1.54, 1.807) is 0 Å². The van der Waals surface area contributed by atoms with E-state index in [4.69, 9.17) is 4.74 Å². The topological polar surface area (TPSA) is 139 Å². The highest BCUT2D eigenvalue weighted by molar-refractivity contribution is 5.97. The molecule has 0 aliphatic carbocycles. The second-order valence-corrected chi connectivity index (χ2v) is 4.66. The number of carbonyl (C=O) groups is 2. The van der Waals surface area contributed by atoms with Crippen molar-refractivity contribution < 1.29 is 28.9 Å². The van der Waals surface area contributed by atoms with E-state index in [9.17, 15) is 29.8 Å². The van der Waals surface area contributed by atoms with E-state index in [-0.39, 0.29) is 22.6 Å². The molecule has 0 amide bonds. The van der Waals surface area contributed by atoms with Gasteiger partial charge in [-0.2, -0.15) is 0 Å².